The lowest BCUT2D eigenvalue weighted by Gasteiger charge is -2.24. The van der Waals surface area contributed by atoms with E-state index in [2.05, 4.69) is 0 Å². The van der Waals surface area contributed by atoms with Crippen molar-refractivity contribution in [2.45, 2.75) is 50.5 Å². The summed E-state index contributed by atoms with van der Waals surface area (Å²) < 4.78 is 19.1. The van der Waals surface area contributed by atoms with E-state index in [0.717, 1.165) is 0 Å². The van der Waals surface area contributed by atoms with Crippen molar-refractivity contribution in [1.29, 1.82) is 0 Å². The van der Waals surface area contributed by atoms with Gasteiger partial charge in [-0.2, -0.15) is 4.39 Å². The van der Waals surface area contributed by atoms with Crippen molar-refractivity contribution in [3.8, 4) is 0 Å². The molecule has 1 aromatic heterocycles. The summed E-state index contributed by atoms with van der Waals surface area (Å²) in [5, 5.41) is 30.2. The molecule has 12 heteroatoms. The third-order valence-electron chi connectivity index (χ3n) is 4.12. The van der Waals surface area contributed by atoms with E-state index in [4.69, 9.17) is 10.5 Å². The van der Waals surface area contributed by atoms with E-state index in [9.17, 15) is 34.1 Å². The standard InChI is InChI=1S/C14H20FN3O7.ClH/c1-4(2)6(16)7(19)8(20)11-9(21)10(22)13(25-11)18-3-5(15)12(23)17-14(18)24;/h3-4,6,8-11,13,20-22H,16H2,1-2H3,(H,17,23,24);1H/t6?,8?,9-,10+,11+,13+;/m0./s1. The Morgan fingerprint density at radius 3 is 2.46 bits per heavy atom. The van der Waals surface area contributed by atoms with Crippen molar-refractivity contribution < 1.29 is 29.2 Å². The van der Waals surface area contributed by atoms with Crippen molar-refractivity contribution in [1.82, 2.24) is 9.55 Å². The van der Waals surface area contributed by atoms with Gasteiger partial charge in [0, 0.05) is 0 Å². The number of carbonyl (C=O) groups excluding carboxylic acids is 1. The number of hydrogen-bond acceptors (Lipinski definition) is 8. The number of aromatic nitrogens is 2. The second kappa shape index (κ2) is 8.37. The maximum absolute atomic E-state index is 13.4. The minimum atomic E-state index is -1.87. The molecular weight excluding hydrogens is 377 g/mol. The third kappa shape index (κ3) is 4.03. The number of aliphatic hydroxyl groups excluding tert-OH is 3. The van der Waals surface area contributed by atoms with Crippen LogP contribution in [-0.2, 0) is 9.53 Å². The van der Waals surface area contributed by atoms with E-state index < -0.39 is 59.5 Å². The number of ketones is 1. The Bertz CT molecular complexity index is 768. The molecule has 0 spiro atoms. The van der Waals surface area contributed by atoms with Crippen LogP contribution in [0.1, 0.15) is 20.1 Å². The molecule has 1 aromatic rings. The summed E-state index contributed by atoms with van der Waals surface area (Å²) >= 11 is 0. The number of nitrogens with zero attached hydrogens (tertiary/aromatic N) is 1. The zero-order chi connectivity index (χ0) is 19.0. The fraction of sp³-hybridized carbons (Fsp3) is 0.643. The first-order valence-electron chi connectivity index (χ1n) is 7.56. The van der Waals surface area contributed by atoms with Crippen LogP contribution in [0.5, 0.6) is 0 Å². The number of aromatic amines is 1. The molecule has 2 rings (SSSR count). The van der Waals surface area contributed by atoms with E-state index in [-0.39, 0.29) is 18.3 Å². The molecule has 6 atom stereocenters. The Morgan fingerprint density at radius 1 is 1.35 bits per heavy atom. The molecule has 2 unspecified atom stereocenters. The van der Waals surface area contributed by atoms with Crippen LogP contribution < -0.4 is 17.0 Å². The van der Waals surface area contributed by atoms with Gasteiger partial charge < -0.3 is 25.8 Å². The number of H-pyrrole nitrogens is 1. The van der Waals surface area contributed by atoms with E-state index in [1.807, 2.05) is 0 Å². The lowest BCUT2D eigenvalue weighted by Crippen LogP contribution is -2.50. The first kappa shape index (κ1) is 22.4. The second-order valence-electron chi connectivity index (χ2n) is 6.23. The van der Waals surface area contributed by atoms with Gasteiger partial charge in [-0.1, -0.05) is 13.8 Å². The highest BCUT2D eigenvalue weighted by atomic mass is 35.5. The molecular formula is C14H21ClFN3O7. The number of ether oxygens (including phenoxy) is 1. The Hall–Kier alpha value is -1.63. The Balaban J connectivity index is 0.00000338. The zero-order valence-corrected chi connectivity index (χ0v) is 14.7. The van der Waals surface area contributed by atoms with Gasteiger partial charge in [-0.25, -0.2) is 4.79 Å². The van der Waals surface area contributed by atoms with Gasteiger partial charge in [-0.05, 0) is 5.92 Å². The predicted molar refractivity (Wildman–Crippen MR) is 88.3 cm³/mol. The molecule has 10 nitrogen and oxygen atoms in total. The SMILES string of the molecule is CC(C)C(N)C(=O)C(O)[C@H]1O[C@@H](n2cc(F)c(=O)[nH]c2=O)[C@H](O)[C@@H]1O.Cl. The average Bonchev–Trinajstić information content (AvgIpc) is 2.84. The number of Topliss-reactive ketones (excluding diaryl/α,β-unsaturated/α-hetero) is 1. The van der Waals surface area contributed by atoms with Crippen molar-refractivity contribution in [3.63, 3.8) is 0 Å². The van der Waals surface area contributed by atoms with Gasteiger partial charge in [-0.3, -0.25) is 19.1 Å². The van der Waals surface area contributed by atoms with Crippen molar-refractivity contribution in [3.05, 3.63) is 32.9 Å². The first-order chi connectivity index (χ1) is 11.6. The van der Waals surface area contributed by atoms with E-state index in [1.165, 1.54) is 0 Å². The summed E-state index contributed by atoms with van der Waals surface area (Å²) in [7, 11) is 0. The molecule has 0 bridgehead atoms. The largest absolute Gasteiger partial charge is 0.387 e. The number of carbonyl (C=O) groups is 1. The molecule has 0 radical (unpaired) electrons. The van der Waals surface area contributed by atoms with Gasteiger partial charge in [0.15, 0.2) is 12.0 Å². The predicted octanol–water partition coefficient (Wildman–Crippen LogP) is -2.37. The molecule has 0 amide bonds. The summed E-state index contributed by atoms with van der Waals surface area (Å²) in [4.78, 5) is 36.6. The van der Waals surface area contributed by atoms with Crippen LogP contribution in [0.2, 0.25) is 0 Å². The van der Waals surface area contributed by atoms with Gasteiger partial charge in [0.2, 0.25) is 5.82 Å². The molecule has 0 saturated carbocycles. The van der Waals surface area contributed by atoms with Crippen LogP contribution in [0.15, 0.2) is 15.8 Å². The van der Waals surface area contributed by atoms with Gasteiger partial charge in [0.25, 0.3) is 5.56 Å². The lowest BCUT2D eigenvalue weighted by atomic mass is 9.93. The number of hydrogen-bond donors (Lipinski definition) is 5. The van der Waals surface area contributed by atoms with Gasteiger partial charge in [-0.15, -0.1) is 12.4 Å². The normalized spacial score (nSPS) is 27.8. The van der Waals surface area contributed by atoms with Crippen LogP contribution in [0.3, 0.4) is 0 Å². The van der Waals surface area contributed by atoms with Gasteiger partial charge in [0.1, 0.15) is 24.4 Å². The maximum Gasteiger partial charge on any atom is 0.330 e. The second-order valence-corrected chi connectivity index (χ2v) is 6.23. The Labute approximate surface area is 152 Å². The molecule has 0 aliphatic carbocycles. The smallest absolute Gasteiger partial charge is 0.330 e. The van der Waals surface area contributed by atoms with Gasteiger partial charge in [0.05, 0.1) is 12.2 Å². The van der Waals surface area contributed by atoms with Crippen molar-refractivity contribution in [2.75, 3.05) is 0 Å². The van der Waals surface area contributed by atoms with Crippen LogP contribution in [0.4, 0.5) is 4.39 Å². The molecule has 26 heavy (non-hydrogen) atoms. The molecule has 1 aliphatic rings. The number of nitrogens with one attached hydrogen (secondary N) is 1. The lowest BCUT2D eigenvalue weighted by molar-refractivity contribution is -0.143. The highest BCUT2D eigenvalue weighted by Gasteiger charge is 2.49. The summed E-state index contributed by atoms with van der Waals surface area (Å²) in [6.07, 6.45) is -8.07. The van der Waals surface area contributed by atoms with Crippen molar-refractivity contribution in [2.24, 2.45) is 11.7 Å². The fourth-order valence-corrected chi connectivity index (χ4v) is 2.51. The molecule has 6 N–H and O–H groups in total. The molecule has 1 aliphatic heterocycles. The summed E-state index contributed by atoms with van der Waals surface area (Å²) in [6, 6.07) is -1.03. The van der Waals surface area contributed by atoms with Crippen LogP contribution >= 0.6 is 12.4 Å². The number of nitrogens with two attached hydrogens (primary N) is 1. The number of aliphatic hydroxyl groups is 3. The summed E-state index contributed by atoms with van der Waals surface area (Å²) in [5.41, 5.74) is 3.31. The highest BCUT2D eigenvalue weighted by molar-refractivity contribution is 5.88. The Kier molecular flexibility index (Phi) is 7.22. The van der Waals surface area contributed by atoms with Crippen LogP contribution in [-0.4, -0.2) is 61.1 Å². The summed E-state index contributed by atoms with van der Waals surface area (Å²) in [5.74, 6) is -2.42. The zero-order valence-electron chi connectivity index (χ0n) is 13.9. The van der Waals surface area contributed by atoms with Crippen molar-refractivity contribution >= 4 is 18.2 Å². The molecule has 0 aromatic carbocycles. The van der Waals surface area contributed by atoms with E-state index in [0.29, 0.717) is 10.8 Å². The minimum absolute atomic E-state index is 0. The number of halogens is 2. The summed E-state index contributed by atoms with van der Waals surface area (Å²) in [6.45, 7) is 3.31. The van der Waals surface area contributed by atoms with Gasteiger partial charge >= 0.3 is 5.69 Å². The Morgan fingerprint density at radius 2 is 1.92 bits per heavy atom. The number of rotatable bonds is 5. The topological polar surface area (TPSA) is 168 Å². The first-order valence-corrected chi connectivity index (χ1v) is 7.56. The monoisotopic (exact) mass is 397 g/mol. The average molecular weight is 398 g/mol. The molecule has 1 fully saturated rings. The quantitative estimate of drug-likeness (QED) is 0.367. The van der Waals surface area contributed by atoms with Crippen LogP contribution in [0.25, 0.3) is 0 Å². The highest BCUT2D eigenvalue weighted by Crippen LogP contribution is 2.30. The molecule has 148 valence electrons. The third-order valence-corrected chi connectivity index (χ3v) is 4.12. The van der Waals surface area contributed by atoms with E-state index >= 15 is 0 Å². The molecule has 2 heterocycles. The fourth-order valence-electron chi connectivity index (χ4n) is 2.51. The van der Waals surface area contributed by atoms with E-state index in [1.54, 1.807) is 18.8 Å². The molecule has 1 saturated heterocycles. The minimum Gasteiger partial charge on any atom is -0.387 e. The van der Waals surface area contributed by atoms with Crippen LogP contribution in [0, 0.1) is 11.7 Å². The maximum atomic E-state index is 13.4.